The van der Waals surface area contributed by atoms with Crippen molar-refractivity contribution in [3.05, 3.63) is 41.8 Å². The molecule has 3 heteroatoms. The van der Waals surface area contributed by atoms with Crippen molar-refractivity contribution >= 4 is 0 Å². The number of methoxy groups -OCH3 is 1. The van der Waals surface area contributed by atoms with Crippen molar-refractivity contribution in [3.8, 4) is 11.5 Å². The van der Waals surface area contributed by atoms with Crippen molar-refractivity contribution in [3.63, 3.8) is 0 Å². The van der Waals surface area contributed by atoms with Gasteiger partial charge in [0.25, 0.3) is 0 Å². The summed E-state index contributed by atoms with van der Waals surface area (Å²) in [5, 5.41) is 0. The second-order valence-electron chi connectivity index (χ2n) is 3.43. The first-order chi connectivity index (χ1) is 7.29. The summed E-state index contributed by atoms with van der Waals surface area (Å²) in [6.45, 7) is 2.51. The highest BCUT2D eigenvalue weighted by molar-refractivity contribution is 5.53. The fourth-order valence-corrected chi connectivity index (χ4v) is 1.35. The standard InChI is InChI=1S/C12H13NO2/c1-9-3-5-10(6-4-9)12-13-7-11(15-12)8-14-2/h3-7H,8H2,1-2H3. The molecule has 0 spiro atoms. The van der Waals surface area contributed by atoms with E-state index >= 15 is 0 Å². The minimum atomic E-state index is 0.457. The van der Waals surface area contributed by atoms with Crippen LogP contribution in [0.3, 0.4) is 0 Å². The van der Waals surface area contributed by atoms with Crippen molar-refractivity contribution in [1.29, 1.82) is 0 Å². The fraction of sp³-hybridized carbons (Fsp3) is 0.250. The van der Waals surface area contributed by atoms with E-state index in [0.29, 0.717) is 12.5 Å². The molecular formula is C12H13NO2. The van der Waals surface area contributed by atoms with Gasteiger partial charge in [-0.1, -0.05) is 17.7 Å². The summed E-state index contributed by atoms with van der Waals surface area (Å²) in [5.41, 5.74) is 2.21. The van der Waals surface area contributed by atoms with Crippen LogP contribution in [-0.4, -0.2) is 12.1 Å². The third-order valence-corrected chi connectivity index (χ3v) is 2.14. The Hall–Kier alpha value is -1.61. The summed E-state index contributed by atoms with van der Waals surface area (Å²) >= 11 is 0. The molecule has 1 aromatic heterocycles. The van der Waals surface area contributed by atoms with Crippen LogP contribution in [0, 0.1) is 6.92 Å². The fourth-order valence-electron chi connectivity index (χ4n) is 1.35. The number of aryl methyl sites for hydroxylation is 1. The van der Waals surface area contributed by atoms with Crippen LogP contribution in [0.2, 0.25) is 0 Å². The molecule has 0 aliphatic carbocycles. The van der Waals surface area contributed by atoms with Crippen molar-refractivity contribution < 1.29 is 9.15 Å². The second-order valence-corrected chi connectivity index (χ2v) is 3.43. The number of ether oxygens (including phenoxy) is 1. The Morgan fingerprint density at radius 3 is 2.67 bits per heavy atom. The van der Waals surface area contributed by atoms with Crippen LogP contribution in [-0.2, 0) is 11.3 Å². The van der Waals surface area contributed by atoms with Gasteiger partial charge < -0.3 is 9.15 Å². The van der Waals surface area contributed by atoms with Gasteiger partial charge in [-0.2, -0.15) is 0 Å². The monoisotopic (exact) mass is 203 g/mol. The highest BCUT2D eigenvalue weighted by Gasteiger charge is 2.05. The minimum Gasteiger partial charge on any atom is -0.439 e. The van der Waals surface area contributed by atoms with Crippen LogP contribution in [0.1, 0.15) is 11.3 Å². The highest BCUT2D eigenvalue weighted by Crippen LogP contribution is 2.19. The normalized spacial score (nSPS) is 10.5. The van der Waals surface area contributed by atoms with Gasteiger partial charge in [-0.05, 0) is 19.1 Å². The largest absolute Gasteiger partial charge is 0.439 e. The van der Waals surface area contributed by atoms with Crippen LogP contribution in [0.5, 0.6) is 0 Å². The van der Waals surface area contributed by atoms with E-state index in [2.05, 4.69) is 11.9 Å². The lowest BCUT2D eigenvalue weighted by Gasteiger charge is -1.96. The van der Waals surface area contributed by atoms with Crippen molar-refractivity contribution in [2.24, 2.45) is 0 Å². The van der Waals surface area contributed by atoms with Crippen LogP contribution in [0.15, 0.2) is 34.9 Å². The van der Waals surface area contributed by atoms with Gasteiger partial charge in [0.05, 0.1) is 6.20 Å². The van der Waals surface area contributed by atoms with E-state index in [0.717, 1.165) is 11.3 Å². The quantitative estimate of drug-likeness (QED) is 0.769. The summed E-state index contributed by atoms with van der Waals surface area (Å²) in [5.74, 6) is 1.38. The molecule has 1 aromatic carbocycles. The molecule has 0 bridgehead atoms. The number of nitrogens with zero attached hydrogens (tertiary/aromatic N) is 1. The molecule has 0 fully saturated rings. The maximum Gasteiger partial charge on any atom is 0.226 e. The van der Waals surface area contributed by atoms with Gasteiger partial charge in [-0.25, -0.2) is 4.98 Å². The van der Waals surface area contributed by atoms with Gasteiger partial charge in [0.15, 0.2) is 5.76 Å². The third-order valence-electron chi connectivity index (χ3n) is 2.14. The summed E-state index contributed by atoms with van der Waals surface area (Å²) in [4.78, 5) is 4.19. The molecule has 0 unspecified atom stereocenters. The number of hydrogen-bond donors (Lipinski definition) is 0. The van der Waals surface area contributed by atoms with Crippen LogP contribution in [0.25, 0.3) is 11.5 Å². The molecule has 2 rings (SSSR count). The predicted octanol–water partition coefficient (Wildman–Crippen LogP) is 2.80. The molecule has 0 saturated carbocycles. The molecule has 0 amide bonds. The Bertz CT molecular complexity index is 431. The van der Waals surface area contributed by atoms with E-state index in [1.54, 1.807) is 13.3 Å². The number of rotatable bonds is 3. The van der Waals surface area contributed by atoms with Crippen molar-refractivity contribution in [1.82, 2.24) is 4.98 Å². The Kier molecular flexibility index (Phi) is 2.83. The topological polar surface area (TPSA) is 35.3 Å². The van der Waals surface area contributed by atoms with Gasteiger partial charge in [0, 0.05) is 12.7 Å². The lowest BCUT2D eigenvalue weighted by molar-refractivity contribution is 0.165. The Balaban J connectivity index is 2.25. The summed E-state index contributed by atoms with van der Waals surface area (Å²) in [6, 6.07) is 8.07. The first-order valence-corrected chi connectivity index (χ1v) is 4.80. The first-order valence-electron chi connectivity index (χ1n) is 4.80. The van der Waals surface area contributed by atoms with E-state index in [1.807, 2.05) is 24.3 Å². The molecule has 78 valence electrons. The molecule has 0 N–H and O–H groups in total. The summed E-state index contributed by atoms with van der Waals surface area (Å²) in [6.07, 6.45) is 1.69. The first kappa shape index (κ1) is 9.93. The lowest BCUT2D eigenvalue weighted by Crippen LogP contribution is -1.82. The van der Waals surface area contributed by atoms with Gasteiger partial charge in [-0.15, -0.1) is 0 Å². The average molecular weight is 203 g/mol. The molecular weight excluding hydrogens is 190 g/mol. The molecule has 2 aromatic rings. The van der Waals surface area contributed by atoms with E-state index < -0.39 is 0 Å². The molecule has 0 atom stereocenters. The number of benzene rings is 1. The van der Waals surface area contributed by atoms with Crippen molar-refractivity contribution in [2.75, 3.05) is 7.11 Å². The summed E-state index contributed by atoms with van der Waals surface area (Å²) < 4.78 is 10.5. The second kappa shape index (κ2) is 4.28. The molecule has 3 nitrogen and oxygen atoms in total. The van der Waals surface area contributed by atoms with E-state index in [-0.39, 0.29) is 0 Å². The molecule has 0 radical (unpaired) electrons. The number of oxazole rings is 1. The minimum absolute atomic E-state index is 0.457. The third kappa shape index (κ3) is 2.25. The smallest absolute Gasteiger partial charge is 0.226 e. The van der Waals surface area contributed by atoms with E-state index in [1.165, 1.54) is 5.56 Å². The zero-order valence-corrected chi connectivity index (χ0v) is 8.86. The maximum absolute atomic E-state index is 5.51. The van der Waals surface area contributed by atoms with Gasteiger partial charge >= 0.3 is 0 Å². The van der Waals surface area contributed by atoms with Gasteiger partial charge in [0.2, 0.25) is 5.89 Å². The zero-order valence-electron chi connectivity index (χ0n) is 8.86. The Morgan fingerprint density at radius 2 is 2.00 bits per heavy atom. The maximum atomic E-state index is 5.51. The van der Waals surface area contributed by atoms with Crippen LogP contribution < -0.4 is 0 Å². The lowest BCUT2D eigenvalue weighted by atomic mass is 10.1. The van der Waals surface area contributed by atoms with E-state index in [4.69, 9.17) is 9.15 Å². The van der Waals surface area contributed by atoms with Crippen molar-refractivity contribution in [2.45, 2.75) is 13.5 Å². The number of aromatic nitrogens is 1. The molecule has 15 heavy (non-hydrogen) atoms. The number of hydrogen-bond acceptors (Lipinski definition) is 3. The SMILES string of the molecule is COCc1cnc(-c2ccc(C)cc2)o1. The highest BCUT2D eigenvalue weighted by atomic mass is 16.5. The average Bonchev–Trinajstić information content (AvgIpc) is 2.68. The van der Waals surface area contributed by atoms with Crippen LogP contribution >= 0.6 is 0 Å². The Labute approximate surface area is 88.7 Å². The Morgan fingerprint density at radius 1 is 1.27 bits per heavy atom. The molecule has 0 aliphatic heterocycles. The molecule has 0 saturated heterocycles. The van der Waals surface area contributed by atoms with Crippen LogP contribution in [0.4, 0.5) is 0 Å². The molecule has 1 heterocycles. The predicted molar refractivity (Wildman–Crippen MR) is 57.4 cm³/mol. The van der Waals surface area contributed by atoms with Gasteiger partial charge in [0.1, 0.15) is 6.61 Å². The summed E-state index contributed by atoms with van der Waals surface area (Å²) in [7, 11) is 1.63. The zero-order chi connectivity index (χ0) is 10.7. The molecule has 0 aliphatic rings. The van der Waals surface area contributed by atoms with Gasteiger partial charge in [-0.3, -0.25) is 0 Å². The van der Waals surface area contributed by atoms with E-state index in [9.17, 15) is 0 Å².